The number of hydrogen-bond donors (Lipinski definition) is 3. The van der Waals surface area contributed by atoms with Crippen LogP contribution in [0.3, 0.4) is 0 Å². The second-order valence-corrected chi connectivity index (χ2v) is 15.0. The van der Waals surface area contributed by atoms with Crippen LogP contribution < -0.4 is 51.4 Å². The standard InChI is InChI=1S/C34H69.C4H6O7S.K/c1-3-5-7-9-11-13-15-17-19-21-23-25-27-29-31-33-34-32-30-28-26-24-22-20-18-16-14-12-10-8-6-4-2;5-3(6)1-2(4(7)8)12(9,10)11;/h1,3-34H2,2H3;2H,1H2,(H,5,6)(H,7,8)(H,9,10,11);/q-1;;+1. The summed E-state index contributed by atoms with van der Waals surface area (Å²) in [6, 6.07) is 0. The summed E-state index contributed by atoms with van der Waals surface area (Å²) in [7, 11) is -4.84. The smallest absolute Gasteiger partial charge is 0.481 e. The maximum absolute atomic E-state index is 10.2. The molecule has 1 atom stereocenters. The molecule has 0 saturated heterocycles. The van der Waals surface area contributed by atoms with Crippen LogP contribution in [-0.4, -0.2) is 40.4 Å². The van der Waals surface area contributed by atoms with Gasteiger partial charge in [-0.05, 0) is 0 Å². The molecule has 7 nitrogen and oxygen atoms in total. The summed E-state index contributed by atoms with van der Waals surface area (Å²) in [6.07, 6.45) is 45.6. The summed E-state index contributed by atoms with van der Waals surface area (Å²) in [4.78, 5) is 20.0. The minimum absolute atomic E-state index is 0. The third-order valence-corrected chi connectivity index (χ3v) is 9.94. The SMILES string of the molecule is O=C(O)CC(C(=O)O)S(=O)(=O)O.[CH2-]CCCCCCCCCCCCCCCCCCCCCCCCCCCCCCCCC.[K+]. The van der Waals surface area contributed by atoms with E-state index in [1.807, 2.05) is 0 Å². The van der Waals surface area contributed by atoms with Crippen LogP contribution in [0.4, 0.5) is 0 Å². The van der Waals surface area contributed by atoms with E-state index < -0.39 is 33.7 Å². The van der Waals surface area contributed by atoms with Gasteiger partial charge in [0.15, 0.2) is 5.25 Å². The molecule has 3 N–H and O–H groups in total. The third-order valence-electron chi connectivity index (χ3n) is 8.85. The minimum atomic E-state index is -4.84. The van der Waals surface area contributed by atoms with Crippen LogP contribution in [0.1, 0.15) is 219 Å². The van der Waals surface area contributed by atoms with Crippen LogP contribution in [0, 0.1) is 6.92 Å². The number of hydrogen-bond acceptors (Lipinski definition) is 4. The summed E-state index contributed by atoms with van der Waals surface area (Å²) in [5.74, 6) is -3.50. The minimum Gasteiger partial charge on any atom is -0.481 e. The quantitative estimate of drug-likeness (QED) is 0.0258. The topological polar surface area (TPSA) is 129 Å². The molecule has 0 rings (SSSR count). The van der Waals surface area contributed by atoms with E-state index in [1.165, 1.54) is 199 Å². The van der Waals surface area contributed by atoms with Gasteiger partial charge in [-0.15, -0.1) is 0 Å². The van der Waals surface area contributed by atoms with Gasteiger partial charge in [-0.25, -0.2) is 0 Å². The monoisotopic (exact) mass is 714 g/mol. The van der Waals surface area contributed by atoms with Gasteiger partial charge >= 0.3 is 63.3 Å². The van der Waals surface area contributed by atoms with E-state index in [4.69, 9.17) is 14.8 Å². The Balaban J connectivity index is -0.00000126. The molecule has 0 aliphatic heterocycles. The number of carboxylic acids is 2. The second-order valence-electron chi connectivity index (χ2n) is 13.4. The zero-order valence-corrected chi connectivity index (χ0v) is 34.9. The molecule has 0 aliphatic carbocycles. The first-order valence-electron chi connectivity index (χ1n) is 19.4. The van der Waals surface area contributed by atoms with Crippen LogP contribution in [0.25, 0.3) is 0 Å². The zero-order valence-electron chi connectivity index (χ0n) is 31.0. The fraction of sp³-hybridized carbons (Fsp3) is 0.921. The van der Waals surface area contributed by atoms with Gasteiger partial charge in [0, 0.05) is 0 Å². The van der Waals surface area contributed by atoms with Crippen molar-refractivity contribution in [3.05, 3.63) is 6.92 Å². The van der Waals surface area contributed by atoms with E-state index in [9.17, 15) is 18.0 Å². The molecule has 0 saturated carbocycles. The normalized spacial score (nSPS) is 11.8. The first-order chi connectivity index (χ1) is 22.2. The third kappa shape index (κ3) is 44.5. The van der Waals surface area contributed by atoms with Crippen molar-refractivity contribution >= 4 is 22.1 Å². The number of unbranched alkanes of at least 4 members (excludes halogenated alkanes) is 31. The predicted octanol–water partition coefficient (Wildman–Crippen LogP) is 9.13. The average Bonchev–Trinajstić information content (AvgIpc) is 3.00. The van der Waals surface area contributed by atoms with Crippen molar-refractivity contribution < 1.29 is 84.2 Å². The van der Waals surface area contributed by atoms with Gasteiger partial charge in [0.2, 0.25) is 0 Å². The molecule has 0 spiro atoms. The van der Waals surface area contributed by atoms with Crippen molar-refractivity contribution in [1.29, 1.82) is 0 Å². The molecule has 0 amide bonds. The van der Waals surface area contributed by atoms with Gasteiger partial charge in [-0.1, -0.05) is 206 Å². The Morgan fingerprint density at radius 2 is 0.702 bits per heavy atom. The number of carboxylic acid groups (broad SMARTS) is 2. The second kappa shape index (κ2) is 40.9. The average molecular weight is 715 g/mol. The molecule has 0 heterocycles. The molecule has 0 bridgehead atoms. The molecule has 0 aromatic carbocycles. The van der Waals surface area contributed by atoms with E-state index in [0.29, 0.717) is 0 Å². The van der Waals surface area contributed by atoms with Crippen LogP contribution in [-0.2, 0) is 19.7 Å². The Morgan fingerprint density at radius 3 is 0.830 bits per heavy atom. The maximum Gasteiger partial charge on any atom is 1.00 e. The van der Waals surface area contributed by atoms with Crippen LogP contribution in [0.2, 0.25) is 0 Å². The fourth-order valence-corrected chi connectivity index (χ4v) is 6.46. The largest absolute Gasteiger partial charge is 1.00 e. The first kappa shape index (κ1) is 51.9. The van der Waals surface area contributed by atoms with E-state index in [2.05, 4.69) is 13.8 Å². The molecule has 0 aromatic rings. The summed E-state index contributed by atoms with van der Waals surface area (Å²) < 4.78 is 28.7. The summed E-state index contributed by atoms with van der Waals surface area (Å²) in [5.41, 5.74) is 0. The molecular formula is C38H75KO7S. The molecule has 0 aliphatic rings. The maximum atomic E-state index is 10.2. The first-order valence-corrected chi connectivity index (χ1v) is 20.9. The van der Waals surface area contributed by atoms with Crippen molar-refractivity contribution in [3.63, 3.8) is 0 Å². The van der Waals surface area contributed by atoms with Gasteiger partial charge in [-0.2, -0.15) is 14.8 Å². The number of aliphatic carboxylic acids is 2. The van der Waals surface area contributed by atoms with Crippen LogP contribution in [0.5, 0.6) is 0 Å². The molecule has 1 unspecified atom stereocenters. The Morgan fingerprint density at radius 1 is 0.489 bits per heavy atom. The van der Waals surface area contributed by atoms with Gasteiger partial charge in [0.05, 0.1) is 6.42 Å². The van der Waals surface area contributed by atoms with E-state index >= 15 is 0 Å². The van der Waals surface area contributed by atoms with Crippen molar-refractivity contribution in [3.8, 4) is 0 Å². The summed E-state index contributed by atoms with van der Waals surface area (Å²) >= 11 is 0. The van der Waals surface area contributed by atoms with Gasteiger partial charge in [-0.3, -0.25) is 14.1 Å². The Kier molecular flexibility index (Phi) is 45.1. The number of rotatable bonds is 35. The van der Waals surface area contributed by atoms with Gasteiger partial charge < -0.3 is 17.1 Å². The zero-order chi connectivity index (χ0) is 34.6. The van der Waals surface area contributed by atoms with Crippen molar-refractivity contribution in [2.24, 2.45) is 0 Å². The molecule has 276 valence electrons. The predicted molar refractivity (Wildman–Crippen MR) is 194 cm³/mol. The van der Waals surface area contributed by atoms with Crippen molar-refractivity contribution in [2.75, 3.05) is 0 Å². The van der Waals surface area contributed by atoms with E-state index in [0.717, 1.165) is 6.42 Å². The molecule has 0 radical (unpaired) electrons. The Labute approximate surface area is 334 Å². The van der Waals surface area contributed by atoms with Gasteiger partial charge in [0.1, 0.15) is 0 Å². The molecule has 0 fully saturated rings. The van der Waals surface area contributed by atoms with Crippen molar-refractivity contribution in [2.45, 2.75) is 224 Å². The van der Waals surface area contributed by atoms with Crippen molar-refractivity contribution in [1.82, 2.24) is 0 Å². The van der Waals surface area contributed by atoms with Gasteiger partial charge in [0.25, 0.3) is 10.1 Å². The number of carbonyl (C=O) groups is 2. The van der Waals surface area contributed by atoms with Crippen LogP contribution in [0.15, 0.2) is 0 Å². The van der Waals surface area contributed by atoms with E-state index in [1.54, 1.807) is 0 Å². The molecule has 9 heteroatoms. The Bertz CT molecular complexity index is 729. The van der Waals surface area contributed by atoms with Crippen LogP contribution >= 0.6 is 0 Å². The molecular weight excluding hydrogens is 640 g/mol. The summed E-state index contributed by atoms with van der Waals surface area (Å²) in [5, 5.41) is 13.9. The molecule has 0 aromatic heterocycles. The van der Waals surface area contributed by atoms with E-state index in [-0.39, 0.29) is 51.4 Å². The molecule has 47 heavy (non-hydrogen) atoms. The fourth-order valence-electron chi connectivity index (χ4n) is 5.86. The summed E-state index contributed by atoms with van der Waals surface area (Å²) in [6.45, 7) is 6.23. The Hall–Kier alpha value is 0.486.